The number of anilines is 2. The number of piperazine rings is 1. The Kier molecular flexibility index (Phi) is 8.43. The molecule has 1 amide bonds. The molecular formula is C33H38FN7O2. The molecule has 3 aromatic rings. The number of nitrogens with zero attached hydrogens (tertiary/aromatic N) is 7. The van der Waals surface area contributed by atoms with Gasteiger partial charge in [-0.15, -0.1) is 0 Å². The summed E-state index contributed by atoms with van der Waals surface area (Å²) in [5.74, 6) is -0.952. The molecule has 0 aliphatic carbocycles. The number of likely N-dealkylation sites (tertiary alicyclic amines) is 1. The summed E-state index contributed by atoms with van der Waals surface area (Å²) in [4.78, 5) is 34.3. The van der Waals surface area contributed by atoms with Gasteiger partial charge in [0.1, 0.15) is 18.5 Å². The summed E-state index contributed by atoms with van der Waals surface area (Å²) in [6.07, 6.45) is 3.95. The van der Waals surface area contributed by atoms with Gasteiger partial charge in [-0.1, -0.05) is 43.0 Å². The summed E-state index contributed by atoms with van der Waals surface area (Å²) < 4.78 is 20.1. The highest BCUT2D eigenvalue weighted by molar-refractivity contribution is 5.94. The van der Waals surface area contributed by atoms with E-state index < -0.39 is 17.8 Å². The molecule has 224 valence electrons. The minimum absolute atomic E-state index is 0.0784. The maximum absolute atomic E-state index is 13.8. The van der Waals surface area contributed by atoms with Gasteiger partial charge in [0, 0.05) is 48.9 Å². The van der Waals surface area contributed by atoms with Crippen molar-refractivity contribution in [3.8, 4) is 6.01 Å². The van der Waals surface area contributed by atoms with Crippen LogP contribution in [-0.4, -0.2) is 90.7 Å². The lowest BCUT2D eigenvalue weighted by Crippen LogP contribution is -2.56. The predicted octanol–water partition coefficient (Wildman–Crippen LogP) is 4.48. The first-order chi connectivity index (χ1) is 20.9. The van der Waals surface area contributed by atoms with Crippen LogP contribution >= 0.6 is 0 Å². The van der Waals surface area contributed by atoms with Crippen LogP contribution in [0.4, 0.5) is 15.9 Å². The number of rotatable bonds is 7. The highest BCUT2D eigenvalue weighted by Crippen LogP contribution is 2.34. The number of halogens is 1. The first-order valence-corrected chi connectivity index (χ1v) is 15.1. The van der Waals surface area contributed by atoms with E-state index in [0.29, 0.717) is 38.3 Å². The molecule has 6 rings (SSSR count). The van der Waals surface area contributed by atoms with Gasteiger partial charge in [-0.25, -0.2) is 11.0 Å². The molecule has 0 N–H and O–H groups in total. The zero-order chi connectivity index (χ0) is 29.9. The Labute approximate surface area is 252 Å². The molecule has 0 saturated carbocycles. The number of likely N-dealkylation sites (N-methyl/N-ethyl adjacent to an activating group) is 1. The molecule has 3 aliphatic heterocycles. The Bertz CT molecular complexity index is 1550. The average molecular weight is 584 g/mol. The SMILES string of the molecule is [C-]#[N+]C[C@H]1CN(c2nc(OC[C@@H]3CCCN3C)nc3c2CCCN(c2cccc4ccccc24)C3)CCN1C(=O)C(=C)F. The Morgan fingerprint density at radius 1 is 1.07 bits per heavy atom. The number of ether oxygens (including phenoxy) is 1. The van der Waals surface area contributed by atoms with E-state index in [-0.39, 0.29) is 13.1 Å². The van der Waals surface area contributed by atoms with Crippen LogP contribution in [0.25, 0.3) is 15.6 Å². The number of amides is 1. The van der Waals surface area contributed by atoms with Crippen LogP contribution in [0.15, 0.2) is 54.9 Å². The van der Waals surface area contributed by atoms with Gasteiger partial charge < -0.3 is 29.2 Å². The lowest BCUT2D eigenvalue weighted by Gasteiger charge is -2.40. The molecule has 9 nitrogen and oxygen atoms in total. The zero-order valence-corrected chi connectivity index (χ0v) is 24.7. The van der Waals surface area contributed by atoms with Crippen LogP contribution in [0.3, 0.4) is 0 Å². The summed E-state index contributed by atoms with van der Waals surface area (Å²) in [6.45, 7) is 14.9. The second-order valence-corrected chi connectivity index (χ2v) is 11.7. The van der Waals surface area contributed by atoms with E-state index in [0.717, 1.165) is 55.8 Å². The molecule has 3 aliphatic rings. The average Bonchev–Trinajstić information content (AvgIpc) is 3.31. The van der Waals surface area contributed by atoms with Crippen molar-refractivity contribution < 1.29 is 13.9 Å². The van der Waals surface area contributed by atoms with Gasteiger partial charge >= 0.3 is 6.01 Å². The van der Waals surface area contributed by atoms with Crippen molar-refractivity contribution in [3.05, 3.63) is 77.5 Å². The van der Waals surface area contributed by atoms with Crippen LogP contribution in [0.5, 0.6) is 6.01 Å². The molecule has 2 fully saturated rings. The van der Waals surface area contributed by atoms with E-state index in [1.54, 1.807) is 0 Å². The van der Waals surface area contributed by atoms with Crippen LogP contribution in [0.2, 0.25) is 0 Å². The van der Waals surface area contributed by atoms with Crippen molar-refractivity contribution in [3.63, 3.8) is 0 Å². The molecule has 0 unspecified atom stereocenters. The molecule has 10 heteroatoms. The van der Waals surface area contributed by atoms with Crippen LogP contribution in [-0.2, 0) is 17.8 Å². The number of carbonyl (C=O) groups excluding carboxylic acids is 1. The van der Waals surface area contributed by atoms with Crippen LogP contribution < -0.4 is 14.5 Å². The zero-order valence-electron chi connectivity index (χ0n) is 24.7. The second kappa shape index (κ2) is 12.6. The number of carbonyl (C=O) groups is 1. The summed E-state index contributed by atoms with van der Waals surface area (Å²) >= 11 is 0. The number of hydrogen-bond donors (Lipinski definition) is 0. The molecule has 2 saturated heterocycles. The van der Waals surface area contributed by atoms with Crippen molar-refractivity contribution in [2.45, 2.75) is 44.3 Å². The molecule has 1 aromatic heterocycles. The third-order valence-corrected chi connectivity index (χ3v) is 9.01. The molecule has 2 atom stereocenters. The van der Waals surface area contributed by atoms with Gasteiger partial charge in [-0.3, -0.25) is 4.79 Å². The van der Waals surface area contributed by atoms with Crippen LogP contribution in [0, 0.1) is 6.57 Å². The Morgan fingerprint density at radius 2 is 1.91 bits per heavy atom. The van der Waals surface area contributed by atoms with Crippen LogP contribution in [0.1, 0.15) is 30.5 Å². The van der Waals surface area contributed by atoms with Crippen molar-refractivity contribution in [1.82, 2.24) is 19.8 Å². The number of aromatic nitrogens is 2. The molecule has 0 spiro atoms. The van der Waals surface area contributed by atoms with E-state index >= 15 is 0 Å². The minimum Gasteiger partial charge on any atom is -0.462 e. The standard InChI is InChI=1S/C33H38FN7O2/c1-23(34)32(42)41-18-17-40(20-26(41)19-35-2)31-28-13-8-16-39(30-14-6-10-24-9-4-5-12-27(24)30)21-29(28)36-33(37-31)43-22-25-11-7-15-38(25)3/h4-6,9-10,12,14,25-26H,1,7-8,11,13,15-22H2,3H3/t25-,26-/m0/s1. The highest BCUT2D eigenvalue weighted by atomic mass is 19.1. The van der Waals surface area contributed by atoms with Crippen molar-refractivity contribution in [2.24, 2.45) is 0 Å². The Hall–Kier alpha value is -4.23. The van der Waals surface area contributed by atoms with Gasteiger partial charge in [0.05, 0.1) is 12.2 Å². The van der Waals surface area contributed by atoms with Gasteiger partial charge in [-0.2, -0.15) is 9.97 Å². The number of fused-ring (bicyclic) bond motifs is 2. The summed E-state index contributed by atoms with van der Waals surface area (Å²) in [5.41, 5.74) is 3.18. The van der Waals surface area contributed by atoms with Gasteiger partial charge in [0.15, 0.2) is 5.83 Å². The normalized spacial score (nSPS) is 20.9. The lowest BCUT2D eigenvalue weighted by atomic mass is 10.1. The lowest BCUT2D eigenvalue weighted by molar-refractivity contribution is -0.131. The molecule has 0 bridgehead atoms. The highest BCUT2D eigenvalue weighted by Gasteiger charge is 2.36. The fourth-order valence-corrected chi connectivity index (χ4v) is 6.70. The van der Waals surface area contributed by atoms with E-state index in [4.69, 9.17) is 21.3 Å². The maximum Gasteiger partial charge on any atom is 0.318 e. The number of benzene rings is 2. The fourth-order valence-electron chi connectivity index (χ4n) is 6.70. The van der Waals surface area contributed by atoms with E-state index in [1.165, 1.54) is 21.4 Å². The topological polar surface area (TPSA) is 69.4 Å². The van der Waals surface area contributed by atoms with Gasteiger partial charge in [-0.05, 0) is 50.7 Å². The number of hydrogen-bond acceptors (Lipinski definition) is 7. The minimum atomic E-state index is -1.000. The van der Waals surface area contributed by atoms with Gasteiger partial charge in [0.25, 0.3) is 5.91 Å². The monoisotopic (exact) mass is 583 g/mol. The van der Waals surface area contributed by atoms with Crippen molar-refractivity contribution in [2.75, 3.05) is 62.7 Å². The first-order valence-electron chi connectivity index (χ1n) is 15.1. The predicted molar refractivity (Wildman–Crippen MR) is 166 cm³/mol. The summed E-state index contributed by atoms with van der Waals surface area (Å²) in [6, 6.07) is 15.1. The molecule has 0 radical (unpaired) electrons. The quantitative estimate of drug-likeness (QED) is 0.300. The Morgan fingerprint density at radius 3 is 2.70 bits per heavy atom. The van der Waals surface area contributed by atoms with E-state index in [1.807, 2.05) is 0 Å². The first kappa shape index (κ1) is 28.9. The summed E-state index contributed by atoms with van der Waals surface area (Å²) in [5, 5.41) is 2.41. The second-order valence-electron chi connectivity index (χ2n) is 11.7. The largest absolute Gasteiger partial charge is 0.462 e. The van der Waals surface area contributed by atoms with Crippen molar-refractivity contribution in [1.29, 1.82) is 0 Å². The molecule has 4 heterocycles. The third kappa shape index (κ3) is 6.00. The summed E-state index contributed by atoms with van der Waals surface area (Å²) in [7, 11) is 2.12. The van der Waals surface area contributed by atoms with Gasteiger partial charge in [0.2, 0.25) is 6.54 Å². The molecule has 43 heavy (non-hydrogen) atoms. The van der Waals surface area contributed by atoms with Crippen molar-refractivity contribution >= 4 is 28.2 Å². The maximum atomic E-state index is 13.8. The molecular weight excluding hydrogens is 545 g/mol. The van der Waals surface area contributed by atoms with E-state index in [9.17, 15) is 9.18 Å². The smallest absolute Gasteiger partial charge is 0.318 e. The Balaban J connectivity index is 1.35. The van der Waals surface area contributed by atoms with E-state index in [2.05, 4.69) is 75.6 Å². The third-order valence-electron chi connectivity index (χ3n) is 9.01. The fraction of sp³-hybridized carbons (Fsp3) is 0.455. The molecule has 2 aromatic carbocycles.